The van der Waals surface area contributed by atoms with Crippen molar-refractivity contribution in [1.82, 2.24) is 5.43 Å². The molecule has 1 saturated carbocycles. The summed E-state index contributed by atoms with van der Waals surface area (Å²) in [6.07, 6.45) is 1.92. The van der Waals surface area contributed by atoms with Gasteiger partial charge in [-0.3, -0.25) is 4.79 Å². The number of halogens is 1. The quantitative estimate of drug-likeness (QED) is 0.380. The third-order valence-electron chi connectivity index (χ3n) is 2.70. The highest BCUT2D eigenvalue weighted by Crippen LogP contribution is 2.28. The third-order valence-corrected chi connectivity index (χ3v) is 3.86. The van der Waals surface area contributed by atoms with Crippen LogP contribution in [-0.2, 0) is 4.79 Å². The van der Waals surface area contributed by atoms with Crippen LogP contribution in [0.15, 0.2) is 23.3 Å². The van der Waals surface area contributed by atoms with E-state index < -0.39 is 0 Å². The molecule has 0 heterocycles. The van der Waals surface area contributed by atoms with Crippen LogP contribution in [0.3, 0.4) is 0 Å². The van der Waals surface area contributed by atoms with Crippen molar-refractivity contribution in [2.24, 2.45) is 16.8 Å². The first-order chi connectivity index (χ1) is 8.08. The lowest BCUT2D eigenvalue weighted by Crippen LogP contribution is -2.25. The Morgan fingerprint density at radius 1 is 1.53 bits per heavy atom. The van der Waals surface area contributed by atoms with Gasteiger partial charge in [-0.1, -0.05) is 12.1 Å². The molecule has 1 aromatic rings. The highest BCUT2D eigenvalue weighted by molar-refractivity contribution is 14.1. The van der Waals surface area contributed by atoms with Gasteiger partial charge in [0.1, 0.15) is 0 Å². The molecule has 3 N–H and O–H groups in total. The summed E-state index contributed by atoms with van der Waals surface area (Å²) >= 11 is 2.25. The van der Waals surface area contributed by atoms with Crippen molar-refractivity contribution in [2.75, 3.05) is 0 Å². The van der Waals surface area contributed by atoms with Crippen molar-refractivity contribution in [3.8, 4) is 0 Å². The second kappa shape index (κ2) is 5.03. The van der Waals surface area contributed by atoms with Crippen molar-refractivity contribution in [3.63, 3.8) is 0 Å². The second-order valence-electron chi connectivity index (χ2n) is 4.21. The molecule has 90 valence electrons. The number of nitrogens with one attached hydrogen (secondary N) is 1. The Hall–Kier alpha value is -1.11. The van der Waals surface area contributed by atoms with Crippen LogP contribution in [0.25, 0.3) is 0 Å². The van der Waals surface area contributed by atoms with Crippen LogP contribution in [0.4, 0.5) is 0 Å². The number of nitrogens with zero attached hydrogens (tertiary/aromatic N) is 1. The van der Waals surface area contributed by atoms with Gasteiger partial charge in [-0.2, -0.15) is 5.10 Å². The van der Waals surface area contributed by atoms with Crippen molar-refractivity contribution in [3.05, 3.63) is 32.9 Å². The maximum Gasteiger partial charge on any atom is 0.243 e. The zero-order valence-electron chi connectivity index (χ0n) is 9.53. The number of hydrazone groups is 1. The Bertz CT molecular complexity index is 481. The van der Waals surface area contributed by atoms with Gasteiger partial charge in [0.2, 0.25) is 5.91 Å². The summed E-state index contributed by atoms with van der Waals surface area (Å²) in [4.78, 5) is 11.4. The molecular formula is C12H14IN3O. The Morgan fingerprint density at radius 2 is 2.24 bits per heavy atom. The molecule has 5 heteroatoms. The number of hydrogen-bond acceptors (Lipinski definition) is 2. The molecule has 2 rings (SSSR count). The molecule has 0 aromatic heterocycles. The fourth-order valence-corrected chi connectivity index (χ4v) is 1.88. The predicted octanol–water partition coefficient (Wildman–Crippen LogP) is 1.75. The Labute approximate surface area is 114 Å². The number of carbonyl (C=O) groups excluding carboxylic acids is 1. The van der Waals surface area contributed by atoms with Crippen molar-refractivity contribution in [2.45, 2.75) is 19.8 Å². The lowest BCUT2D eigenvalue weighted by molar-refractivity contribution is -0.122. The zero-order chi connectivity index (χ0) is 12.4. The summed E-state index contributed by atoms with van der Waals surface area (Å²) in [7, 11) is 0. The van der Waals surface area contributed by atoms with E-state index >= 15 is 0 Å². The predicted molar refractivity (Wildman–Crippen MR) is 75.5 cm³/mol. The van der Waals surface area contributed by atoms with Crippen molar-refractivity contribution >= 4 is 34.3 Å². The van der Waals surface area contributed by atoms with E-state index in [4.69, 9.17) is 5.73 Å². The smallest absolute Gasteiger partial charge is 0.243 e. The summed E-state index contributed by atoms with van der Waals surface area (Å²) in [5.74, 6) is 0.455. The monoisotopic (exact) mass is 343 g/mol. The van der Waals surface area contributed by atoms with Gasteiger partial charge < -0.3 is 5.73 Å². The minimum Gasteiger partial charge on any atom is -0.382 e. The van der Waals surface area contributed by atoms with Gasteiger partial charge in [-0.05, 0) is 54.0 Å². The van der Waals surface area contributed by atoms with Gasteiger partial charge in [0.05, 0.1) is 0 Å². The first-order valence-electron chi connectivity index (χ1n) is 5.47. The van der Waals surface area contributed by atoms with Gasteiger partial charge in [-0.25, -0.2) is 5.43 Å². The van der Waals surface area contributed by atoms with Gasteiger partial charge in [0.25, 0.3) is 0 Å². The van der Waals surface area contributed by atoms with E-state index in [0.717, 1.165) is 22.0 Å². The molecule has 1 aliphatic carbocycles. The largest absolute Gasteiger partial charge is 0.382 e. The first kappa shape index (κ1) is 12.3. The van der Waals surface area contributed by atoms with Gasteiger partial charge >= 0.3 is 0 Å². The fourth-order valence-electron chi connectivity index (χ4n) is 1.37. The molecule has 1 aliphatic rings. The Balaban J connectivity index is 2.06. The highest BCUT2D eigenvalue weighted by atomic mass is 127. The van der Waals surface area contributed by atoms with Crippen molar-refractivity contribution in [1.29, 1.82) is 0 Å². The highest BCUT2D eigenvalue weighted by Gasteiger charge is 2.29. The molecule has 1 amide bonds. The number of nitrogens with two attached hydrogens (primary N) is 1. The van der Waals surface area contributed by atoms with Crippen LogP contribution in [0.5, 0.6) is 0 Å². The molecule has 0 bridgehead atoms. The van der Waals surface area contributed by atoms with Crippen LogP contribution in [0.1, 0.15) is 24.0 Å². The Kier molecular flexibility index (Phi) is 3.66. The third kappa shape index (κ3) is 3.18. The van der Waals surface area contributed by atoms with E-state index in [2.05, 4.69) is 33.1 Å². The number of rotatable bonds is 3. The van der Waals surface area contributed by atoms with E-state index in [1.54, 1.807) is 0 Å². The Morgan fingerprint density at radius 3 is 2.82 bits per heavy atom. The summed E-state index contributed by atoms with van der Waals surface area (Å²) in [6, 6.07) is 5.85. The van der Waals surface area contributed by atoms with E-state index in [1.807, 2.05) is 25.1 Å². The number of carbonyl (C=O) groups is 1. The lowest BCUT2D eigenvalue weighted by atomic mass is 10.1. The van der Waals surface area contributed by atoms with Crippen LogP contribution in [0, 0.1) is 16.4 Å². The van der Waals surface area contributed by atoms with Crippen LogP contribution < -0.4 is 11.2 Å². The SMILES string of the molecule is Cc1ccc(/C(N)=N/NC(=O)C2CC2)cc1I. The first-order valence-corrected chi connectivity index (χ1v) is 6.55. The van der Waals surface area contributed by atoms with Gasteiger partial charge in [-0.15, -0.1) is 0 Å². The van der Waals surface area contributed by atoms with Crippen LogP contribution >= 0.6 is 22.6 Å². The topological polar surface area (TPSA) is 67.5 Å². The molecular weight excluding hydrogens is 329 g/mol. The molecule has 0 atom stereocenters. The zero-order valence-corrected chi connectivity index (χ0v) is 11.7. The number of amidine groups is 1. The van der Waals surface area contributed by atoms with Crippen molar-refractivity contribution < 1.29 is 4.79 Å². The van der Waals surface area contributed by atoms with Crippen LogP contribution in [-0.4, -0.2) is 11.7 Å². The van der Waals surface area contributed by atoms with E-state index in [9.17, 15) is 4.79 Å². The summed E-state index contributed by atoms with van der Waals surface area (Å²) in [5, 5.41) is 3.92. The minimum absolute atomic E-state index is 0.0326. The molecule has 1 aromatic carbocycles. The van der Waals surface area contributed by atoms with Gasteiger partial charge in [0, 0.05) is 15.1 Å². The van der Waals surface area contributed by atoms with Crippen LogP contribution in [0.2, 0.25) is 0 Å². The molecule has 4 nitrogen and oxygen atoms in total. The number of amides is 1. The summed E-state index contributed by atoms with van der Waals surface area (Å²) in [5.41, 5.74) is 10.3. The van der Waals surface area contributed by atoms with E-state index in [-0.39, 0.29) is 11.8 Å². The number of hydrogen-bond donors (Lipinski definition) is 2. The summed E-state index contributed by atoms with van der Waals surface area (Å²) in [6.45, 7) is 2.04. The maximum atomic E-state index is 11.4. The lowest BCUT2D eigenvalue weighted by Gasteiger charge is -2.04. The van der Waals surface area contributed by atoms with E-state index in [1.165, 1.54) is 5.56 Å². The second-order valence-corrected chi connectivity index (χ2v) is 5.37. The molecule has 0 saturated heterocycles. The number of aryl methyl sites for hydroxylation is 1. The maximum absolute atomic E-state index is 11.4. The molecule has 0 unspecified atom stereocenters. The van der Waals surface area contributed by atoms with Gasteiger partial charge in [0.15, 0.2) is 5.84 Å². The van der Waals surface area contributed by atoms with E-state index in [0.29, 0.717) is 5.84 Å². The summed E-state index contributed by atoms with van der Waals surface area (Å²) < 4.78 is 1.13. The average molecular weight is 343 g/mol. The molecule has 0 radical (unpaired) electrons. The molecule has 1 fully saturated rings. The standard InChI is InChI=1S/C12H14IN3O/c1-7-2-3-9(6-10(7)13)11(14)15-16-12(17)8-4-5-8/h2-3,6,8H,4-5H2,1H3,(H2,14,15)(H,16,17). The molecule has 0 spiro atoms. The minimum atomic E-state index is -0.0326. The normalized spacial score (nSPS) is 15.8. The molecule has 0 aliphatic heterocycles. The number of benzene rings is 1. The average Bonchev–Trinajstić information content (AvgIpc) is 3.13. The molecule has 17 heavy (non-hydrogen) atoms. The fraction of sp³-hybridized carbons (Fsp3) is 0.333.